The molecule has 0 spiro atoms. The lowest BCUT2D eigenvalue weighted by atomic mass is 9.81. The second kappa shape index (κ2) is 8.82. The number of imide groups is 1. The van der Waals surface area contributed by atoms with E-state index in [2.05, 4.69) is 37.2 Å². The van der Waals surface area contributed by atoms with E-state index in [4.69, 9.17) is 11.6 Å². The molecule has 5 nitrogen and oxygen atoms in total. The Morgan fingerprint density at radius 1 is 1.06 bits per heavy atom. The Hall–Kier alpha value is -1.70. The van der Waals surface area contributed by atoms with Crippen LogP contribution in [0.25, 0.3) is 0 Å². The molecule has 3 amide bonds. The minimum Gasteiger partial charge on any atom is -0.324 e. The van der Waals surface area contributed by atoms with E-state index in [0.717, 1.165) is 17.5 Å². The van der Waals surface area contributed by atoms with Crippen molar-refractivity contribution in [2.75, 3.05) is 5.32 Å². The Bertz CT molecular complexity index is 1100. The lowest BCUT2D eigenvalue weighted by molar-refractivity contribution is -0.147. The molecule has 1 N–H and O–H groups in total. The number of hydrogen-bond donors (Lipinski definition) is 1. The topological polar surface area (TPSA) is 66.5 Å². The van der Waals surface area contributed by atoms with Crippen molar-refractivity contribution < 1.29 is 14.4 Å². The van der Waals surface area contributed by atoms with Crippen LogP contribution in [0.3, 0.4) is 0 Å². The zero-order chi connectivity index (χ0) is 23.4. The summed E-state index contributed by atoms with van der Waals surface area (Å²) >= 11 is 13.7. The number of likely N-dealkylation sites (tertiary alicyclic amines) is 1. The number of halogens is 3. The predicted molar refractivity (Wildman–Crippen MR) is 135 cm³/mol. The van der Waals surface area contributed by atoms with Gasteiger partial charge in [-0.3, -0.25) is 19.3 Å². The summed E-state index contributed by atoms with van der Waals surface area (Å²) in [5.41, 5.74) is 2.32. The maximum Gasteiger partial charge on any atom is 0.248 e. The Kier molecular flexibility index (Phi) is 6.17. The van der Waals surface area contributed by atoms with Crippen LogP contribution in [0.1, 0.15) is 17.5 Å². The highest BCUT2D eigenvalue weighted by Crippen LogP contribution is 2.60. The van der Waals surface area contributed by atoms with Crippen LogP contribution >= 0.6 is 43.5 Å². The summed E-state index contributed by atoms with van der Waals surface area (Å²) in [4.78, 5) is 42.2. The van der Waals surface area contributed by atoms with Gasteiger partial charge in [-0.1, -0.05) is 79.9 Å². The van der Waals surface area contributed by atoms with E-state index in [-0.39, 0.29) is 51.6 Å². The van der Waals surface area contributed by atoms with Crippen molar-refractivity contribution in [2.24, 2.45) is 23.7 Å². The van der Waals surface area contributed by atoms with E-state index in [1.807, 2.05) is 43.3 Å². The molecule has 33 heavy (non-hydrogen) atoms. The molecular formula is C25H23Br2ClN2O3. The molecule has 8 heteroatoms. The van der Waals surface area contributed by atoms with Gasteiger partial charge in [0.25, 0.3) is 0 Å². The van der Waals surface area contributed by atoms with Crippen LogP contribution in [0, 0.1) is 30.6 Å². The summed E-state index contributed by atoms with van der Waals surface area (Å²) in [6.07, 6.45) is 1.11. The van der Waals surface area contributed by atoms with Crippen molar-refractivity contribution in [3.8, 4) is 0 Å². The van der Waals surface area contributed by atoms with E-state index >= 15 is 0 Å². The molecule has 2 aromatic rings. The summed E-state index contributed by atoms with van der Waals surface area (Å²) < 4.78 is 0. The van der Waals surface area contributed by atoms with E-state index in [9.17, 15) is 14.4 Å². The summed E-state index contributed by atoms with van der Waals surface area (Å²) in [6, 6.07) is 13.8. The van der Waals surface area contributed by atoms with Gasteiger partial charge in [-0.15, -0.1) is 0 Å². The summed E-state index contributed by atoms with van der Waals surface area (Å²) in [5.74, 6) is -1.36. The lowest BCUT2D eigenvalue weighted by Gasteiger charge is -2.28. The number of carbonyl (C=O) groups is 3. The molecule has 2 saturated carbocycles. The van der Waals surface area contributed by atoms with Crippen molar-refractivity contribution in [3.63, 3.8) is 0 Å². The van der Waals surface area contributed by atoms with Gasteiger partial charge in [0, 0.05) is 26.8 Å². The molecule has 5 rings (SSSR count). The van der Waals surface area contributed by atoms with Crippen molar-refractivity contribution in [1.29, 1.82) is 0 Å². The number of carbonyl (C=O) groups excluding carboxylic acids is 3. The number of aryl methyl sites for hydroxylation is 1. The Morgan fingerprint density at radius 3 is 2.24 bits per heavy atom. The number of amides is 3. The summed E-state index contributed by atoms with van der Waals surface area (Å²) in [7, 11) is 0. The number of nitrogens with one attached hydrogen (secondary N) is 1. The van der Waals surface area contributed by atoms with Crippen LogP contribution < -0.4 is 5.32 Å². The molecule has 2 bridgehead atoms. The van der Waals surface area contributed by atoms with Gasteiger partial charge in [-0.2, -0.15) is 0 Å². The van der Waals surface area contributed by atoms with E-state index in [0.29, 0.717) is 10.7 Å². The molecule has 1 heterocycles. The number of hydrogen-bond acceptors (Lipinski definition) is 3. The zero-order valence-electron chi connectivity index (χ0n) is 17.9. The van der Waals surface area contributed by atoms with Crippen molar-refractivity contribution in [1.82, 2.24) is 4.90 Å². The zero-order valence-corrected chi connectivity index (χ0v) is 21.8. The van der Waals surface area contributed by atoms with Crippen molar-refractivity contribution in [2.45, 2.75) is 35.5 Å². The Morgan fingerprint density at radius 2 is 1.67 bits per heavy atom. The first-order valence-electron chi connectivity index (χ1n) is 11.0. The third kappa shape index (κ3) is 3.86. The van der Waals surface area contributed by atoms with Gasteiger partial charge in [-0.05, 0) is 48.4 Å². The number of benzene rings is 2. The van der Waals surface area contributed by atoms with Crippen LogP contribution in [-0.2, 0) is 20.8 Å². The van der Waals surface area contributed by atoms with Gasteiger partial charge in [0.15, 0.2) is 0 Å². The largest absolute Gasteiger partial charge is 0.324 e. The fourth-order valence-electron chi connectivity index (χ4n) is 5.71. The van der Waals surface area contributed by atoms with Gasteiger partial charge >= 0.3 is 0 Å². The molecule has 1 aliphatic heterocycles. The van der Waals surface area contributed by atoms with E-state index < -0.39 is 11.9 Å². The van der Waals surface area contributed by atoms with Gasteiger partial charge in [0.2, 0.25) is 17.7 Å². The SMILES string of the molecule is Cc1ccc(NC(=O)C(Cc2ccccc2)N2C(=O)C3C4CC(C(Br)C4Br)C3C2=O)cc1Cl. The van der Waals surface area contributed by atoms with Gasteiger partial charge in [0.05, 0.1) is 11.8 Å². The molecule has 1 saturated heterocycles. The van der Waals surface area contributed by atoms with Crippen LogP contribution in [0.15, 0.2) is 48.5 Å². The summed E-state index contributed by atoms with van der Waals surface area (Å²) in [6.45, 7) is 1.88. The average Bonchev–Trinajstić information content (AvgIpc) is 3.40. The van der Waals surface area contributed by atoms with Crippen LogP contribution in [0.2, 0.25) is 5.02 Å². The number of rotatable bonds is 5. The van der Waals surface area contributed by atoms with E-state index in [1.54, 1.807) is 12.1 Å². The first kappa shape index (κ1) is 23.1. The normalized spacial score (nSPS) is 31.1. The molecule has 7 atom stereocenters. The molecule has 3 aliphatic rings. The van der Waals surface area contributed by atoms with Crippen LogP contribution in [0.5, 0.6) is 0 Å². The molecular weight excluding hydrogens is 572 g/mol. The Labute approximate surface area is 214 Å². The quantitative estimate of drug-likeness (QED) is 0.393. The third-order valence-electron chi connectivity index (χ3n) is 7.35. The van der Waals surface area contributed by atoms with Gasteiger partial charge in [0.1, 0.15) is 6.04 Å². The maximum absolute atomic E-state index is 13.6. The average molecular weight is 595 g/mol. The first-order valence-corrected chi connectivity index (χ1v) is 13.2. The first-order chi connectivity index (χ1) is 15.8. The van der Waals surface area contributed by atoms with Crippen LogP contribution in [-0.4, -0.2) is 38.3 Å². The van der Waals surface area contributed by atoms with Gasteiger partial charge in [-0.25, -0.2) is 0 Å². The number of anilines is 1. The van der Waals surface area contributed by atoms with Gasteiger partial charge < -0.3 is 5.32 Å². The Balaban J connectivity index is 1.47. The molecule has 7 unspecified atom stereocenters. The number of alkyl halides is 2. The maximum atomic E-state index is 13.6. The monoisotopic (exact) mass is 592 g/mol. The fourth-order valence-corrected chi connectivity index (χ4v) is 7.77. The standard InChI is InChI=1S/C25H23Br2ClN2O3/c1-12-7-8-14(10-17(12)28)29-23(31)18(9-13-5-3-2-4-6-13)30-24(32)19-15-11-16(20(19)25(30)33)22(27)21(15)26/h2-8,10,15-16,18-22H,9,11H2,1H3,(H,29,31). The molecule has 172 valence electrons. The van der Waals surface area contributed by atoms with Crippen molar-refractivity contribution >= 4 is 66.9 Å². The highest BCUT2D eigenvalue weighted by molar-refractivity contribution is 9.12. The molecule has 3 fully saturated rings. The number of nitrogens with zero attached hydrogens (tertiary/aromatic N) is 1. The third-order valence-corrected chi connectivity index (χ3v) is 11.0. The van der Waals surface area contributed by atoms with E-state index in [1.165, 1.54) is 4.90 Å². The molecule has 0 aromatic heterocycles. The highest BCUT2D eigenvalue weighted by Gasteiger charge is 2.67. The second-order valence-electron chi connectivity index (χ2n) is 9.21. The lowest BCUT2D eigenvalue weighted by Crippen LogP contribution is -2.49. The fraction of sp³-hybridized carbons (Fsp3) is 0.400. The minimum atomic E-state index is -0.931. The molecule has 2 aromatic carbocycles. The number of fused-ring (bicyclic) bond motifs is 5. The van der Waals surface area contributed by atoms with Crippen molar-refractivity contribution in [3.05, 3.63) is 64.7 Å². The highest BCUT2D eigenvalue weighted by atomic mass is 79.9. The summed E-state index contributed by atoms with van der Waals surface area (Å²) in [5, 5.41) is 3.42. The predicted octanol–water partition coefficient (Wildman–Crippen LogP) is 4.98. The van der Waals surface area contributed by atoms with Crippen LogP contribution in [0.4, 0.5) is 5.69 Å². The molecule has 0 radical (unpaired) electrons. The smallest absolute Gasteiger partial charge is 0.248 e. The minimum absolute atomic E-state index is 0.0992. The molecule has 2 aliphatic carbocycles. The second-order valence-corrected chi connectivity index (χ2v) is 11.7.